The molecular formula is C13H19ClN2O3. The van der Waals surface area contributed by atoms with Gasteiger partial charge in [-0.3, -0.25) is 10.1 Å². The van der Waals surface area contributed by atoms with Gasteiger partial charge in [0, 0.05) is 18.2 Å². The van der Waals surface area contributed by atoms with Gasteiger partial charge in [0.2, 0.25) is 0 Å². The zero-order valence-electron chi connectivity index (χ0n) is 11.1. The molecular weight excluding hydrogens is 268 g/mol. The summed E-state index contributed by atoms with van der Waals surface area (Å²) in [6, 6.07) is 4.72. The third-order valence-electron chi connectivity index (χ3n) is 3.08. The highest BCUT2D eigenvalue weighted by atomic mass is 35.5. The molecule has 1 atom stereocenters. The van der Waals surface area contributed by atoms with Crippen molar-refractivity contribution < 1.29 is 10.0 Å². The fourth-order valence-electron chi connectivity index (χ4n) is 1.90. The van der Waals surface area contributed by atoms with Gasteiger partial charge in [0.25, 0.3) is 5.69 Å². The van der Waals surface area contributed by atoms with Crippen molar-refractivity contribution in [2.45, 2.75) is 38.8 Å². The second-order valence-electron chi connectivity index (χ2n) is 4.87. The molecule has 0 radical (unpaired) electrons. The highest BCUT2D eigenvalue weighted by molar-refractivity contribution is 6.32. The molecule has 19 heavy (non-hydrogen) atoms. The Labute approximate surface area is 117 Å². The number of benzene rings is 1. The minimum Gasteiger partial charge on any atom is -0.394 e. The van der Waals surface area contributed by atoms with Gasteiger partial charge in [-0.2, -0.15) is 0 Å². The van der Waals surface area contributed by atoms with E-state index in [1.807, 2.05) is 13.8 Å². The smallest absolute Gasteiger partial charge is 0.288 e. The number of hydrogen-bond acceptors (Lipinski definition) is 4. The van der Waals surface area contributed by atoms with Crippen molar-refractivity contribution in [3.05, 3.63) is 38.9 Å². The lowest BCUT2D eigenvalue weighted by Gasteiger charge is -2.28. The number of aliphatic hydroxyl groups is 1. The second-order valence-corrected chi connectivity index (χ2v) is 5.27. The summed E-state index contributed by atoms with van der Waals surface area (Å²) in [5.74, 6) is 0. The van der Waals surface area contributed by atoms with Crippen LogP contribution in [0, 0.1) is 10.1 Å². The largest absolute Gasteiger partial charge is 0.394 e. The van der Waals surface area contributed by atoms with E-state index in [9.17, 15) is 15.2 Å². The molecule has 0 amide bonds. The van der Waals surface area contributed by atoms with Crippen LogP contribution >= 0.6 is 11.6 Å². The van der Waals surface area contributed by atoms with Gasteiger partial charge in [-0.25, -0.2) is 0 Å². The summed E-state index contributed by atoms with van der Waals surface area (Å²) in [5, 5.41) is 23.5. The van der Waals surface area contributed by atoms with Crippen LogP contribution in [0.3, 0.4) is 0 Å². The van der Waals surface area contributed by atoms with Crippen LogP contribution < -0.4 is 5.32 Å². The van der Waals surface area contributed by atoms with Gasteiger partial charge in [-0.1, -0.05) is 31.0 Å². The number of nitro groups is 1. The Bertz CT molecular complexity index is 454. The average molecular weight is 287 g/mol. The van der Waals surface area contributed by atoms with Crippen molar-refractivity contribution in [1.29, 1.82) is 0 Å². The van der Waals surface area contributed by atoms with Crippen LogP contribution in [0.25, 0.3) is 0 Å². The van der Waals surface area contributed by atoms with E-state index >= 15 is 0 Å². The second kappa shape index (κ2) is 6.84. The SMILES string of the molecule is CCCC(C)(CO)NCc1ccc(Cl)c([N+](=O)[O-])c1. The highest BCUT2D eigenvalue weighted by Crippen LogP contribution is 2.25. The van der Waals surface area contributed by atoms with E-state index in [1.165, 1.54) is 12.1 Å². The molecule has 1 aromatic rings. The Morgan fingerprint density at radius 3 is 2.74 bits per heavy atom. The van der Waals surface area contributed by atoms with E-state index in [0.29, 0.717) is 6.54 Å². The molecule has 1 aromatic carbocycles. The molecule has 106 valence electrons. The van der Waals surface area contributed by atoms with E-state index in [2.05, 4.69) is 5.32 Å². The van der Waals surface area contributed by atoms with Gasteiger partial charge < -0.3 is 10.4 Å². The van der Waals surface area contributed by atoms with Crippen molar-refractivity contribution >= 4 is 17.3 Å². The summed E-state index contributed by atoms with van der Waals surface area (Å²) in [7, 11) is 0. The lowest BCUT2D eigenvalue weighted by molar-refractivity contribution is -0.384. The molecule has 0 bridgehead atoms. The Morgan fingerprint density at radius 1 is 1.53 bits per heavy atom. The van der Waals surface area contributed by atoms with Crippen molar-refractivity contribution in [1.82, 2.24) is 5.32 Å². The van der Waals surface area contributed by atoms with Gasteiger partial charge in [-0.15, -0.1) is 0 Å². The summed E-state index contributed by atoms with van der Waals surface area (Å²) >= 11 is 5.76. The molecule has 6 heteroatoms. The van der Waals surface area contributed by atoms with Gasteiger partial charge in [0.05, 0.1) is 11.5 Å². The Kier molecular flexibility index (Phi) is 5.72. The normalized spacial score (nSPS) is 14.1. The lowest BCUT2D eigenvalue weighted by Crippen LogP contribution is -2.45. The van der Waals surface area contributed by atoms with Crippen LogP contribution in [0.15, 0.2) is 18.2 Å². The van der Waals surface area contributed by atoms with Crippen LogP contribution in [0.2, 0.25) is 5.02 Å². The monoisotopic (exact) mass is 286 g/mol. The van der Waals surface area contributed by atoms with Crippen molar-refractivity contribution in [3.63, 3.8) is 0 Å². The summed E-state index contributed by atoms with van der Waals surface area (Å²) in [4.78, 5) is 10.3. The maximum absolute atomic E-state index is 10.8. The lowest BCUT2D eigenvalue weighted by atomic mass is 9.97. The molecule has 1 unspecified atom stereocenters. The number of hydrogen-bond donors (Lipinski definition) is 2. The molecule has 0 heterocycles. The van der Waals surface area contributed by atoms with Crippen molar-refractivity contribution in [3.8, 4) is 0 Å². The number of halogens is 1. The zero-order valence-corrected chi connectivity index (χ0v) is 11.9. The van der Waals surface area contributed by atoms with Crippen molar-refractivity contribution in [2.75, 3.05) is 6.61 Å². The molecule has 0 aliphatic heterocycles. The topological polar surface area (TPSA) is 75.4 Å². The van der Waals surface area contributed by atoms with Gasteiger partial charge in [0.1, 0.15) is 5.02 Å². The molecule has 0 fully saturated rings. The first-order valence-corrected chi connectivity index (χ1v) is 6.58. The van der Waals surface area contributed by atoms with E-state index in [4.69, 9.17) is 11.6 Å². The third-order valence-corrected chi connectivity index (χ3v) is 3.40. The number of rotatable bonds is 7. The Morgan fingerprint density at radius 2 is 2.21 bits per heavy atom. The first-order valence-electron chi connectivity index (χ1n) is 6.20. The molecule has 0 saturated heterocycles. The maximum Gasteiger partial charge on any atom is 0.288 e. The van der Waals surface area contributed by atoms with E-state index in [-0.39, 0.29) is 22.9 Å². The highest BCUT2D eigenvalue weighted by Gasteiger charge is 2.21. The van der Waals surface area contributed by atoms with Crippen molar-refractivity contribution in [2.24, 2.45) is 0 Å². The van der Waals surface area contributed by atoms with Gasteiger partial charge in [-0.05, 0) is 25.0 Å². The molecule has 0 saturated carbocycles. The summed E-state index contributed by atoms with van der Waals surface area (Å²) < 4.78 is 0. The first-order chi connectivity index (χ1) is 8.91. The van der Waals surface area contributed by atoms with Crippen LogP contribution in [-0.2, 0) is 6.54 Å². The van der Waals surface area contributed by atoms with Crippen LogP contribution in [0.4, 0.5) is 5.69 Å². The molecule has 1 rings (SSSR count). The van der Waals surface area contributed by atoms with Crippen LogP contribution in [-0.4, -0.2) is 22.2 Å². The van der Waals surface area contributed by atoms with Gasteiger partial charge in [0.15, 0.2) is 0 Å². The summed E-state index contributed by atoms with van der Waals surface area (Å²) in [6.45, 7) is 4.45. The predicted octanol–water partition coefficient (Wildman–Crippen LogP) is 2.89. The van der Waals surface area contributed by atoms with Crippen LogP contribution in [0.5, 0.6) is 0 Å². The number of nitrogens with zero attached hydrogens (tertiary/aromatic N) is 1. The molecule has 2 N–H and O–H groups in total. The summed E-state index contributed by atoms with van der Waals surface area (Å²) in [6.07, 6.45) is 1.78. The van der Waals surface area contributed by atoms with E-state index in [0.717, 1.165) is 18.4 Å². The quantitative estimate of drug-likeness (QED) is 0.597. The molecule has 5 nitrogen and oxygen atoms in total. The zero-order chi connectivity index (χ0) is 14.5. The number of nitro benzene ring substituents is 1. The molecule has 0 aliphatic rings. The Balaban J connectivity index is 2.78. The standard InChI is InChI=1S/C13H19ClN2O3/c1-3-6-13(2,9-17)15-8-10-4-5-11(14)12(7-10)16(18)19/h4-5,7,15,17H,3,6,8-9H2,1-2H3. The summed E-state index contributed by atoms with van der Waals surface area (Å²) in [5.41, 5.74) is 0.303. The first kappa shape index (κ1) is 15.9. The van der Waals surface area contributed by atoms with Gasteiger partial charge >= 0.3 is 0 Å². The number of aliphatic hydroxyl groups excluding tert-OH is 1. The minimum atomic E-state index is -0.497. The van der Waals surface area contributed by atoms with E-state index < -0.39 is 4.92 Å². The van der Waals surface area contributed by atoms with Crippen LogP contribution in [0.1, 0.15) is 32.3 Å². The Hall–Kier alpha value is -1.17. The molecule has 0 aliphatic carbocycles. The maximum atomic E-state index is 10.8. The third kappa shape index (κ3) is 4.45. The average Bonchev–Trinajstić information content (AvgIpc) is 2.38. The molecule has 0 aromatic heterocycles. The molecule has 0 spiro atoms. The van der Waals surface area contributed by atoms with E-state index in [1.54, 1.807) is 6.07 Å². The fourth-order valence-corrected chi connectivity index (χ4v) is 2.09. The predicted molar refractivity (Wildman–Crippen MR) is 75.3 cm³/mol. The number of nitrogens with one attached hydrogen (secondary N) is 1. The fraction of sp³-hybridized carbons (Fsp3) is 0.538. The minimum absolute atomic E-state index is 0.0243.